The molecule has 1 rings (SSSR count). The molecule has 0 heterocycles. The molecule has 1 aromatic rings. The molecule has 5 N–H and O–H groups in total. The maximum Gasteiger partial charge on any atom is 0.339 e. The molecule has 0 saturated heterocycles. The summed E-state index contributed by atoms with van der Waals surface area (Å²) in [7, 11) is 1.28. The van der Waals surface area contributed by atoms with Gasteiger partial charge in [0.15, 0.2) is 0 Å². The lowest BCUT2D eigenvalue weighted by atomic mass is 10.0. The first-order chi connectivity index (χ1) is 9.63. The van der Waals surface area contributed by atoms with Crippen LogP contribution in [0.15, 0.2) is 18.2 Å². The third-order valence-corrected chi connectivity index (χ3v) is 2.44. The Morgan fingerprint density at radius 1 is 1.35 bits per heavy atom. The minimum atomic E-state index is -0.514. The summed E-state index contributed by atoms with van der Waals surface area (Å²) in [6.07, 6.45) is 0. The number of amides is 1. The van der Waals surface area contributed by atoms with Gasteiger partial charge in [0, 0.05) is 24.2 Å². The smallest absolute Gasteiger partial charge is 0.339 e. The molecule has 1 amide bonds. The van der Waals surface area contributed by atoms with Gasteiger partial charge in [-0.25, -0.2) is 4.79 Å². The number of hydrogen-bond acceptors (Lipinski definition) is 5. The number of carbonyl (C=O) groups is 2. The van der Waals surface area contributed by atoms with E-state index in [-0.39, 0.29) is 12.5 Å². The first-order valence-corrected chi connectivity index (χ1v) is 6.03. The van der Waals surface area contributed by atoms with E-state index in [9.17, 15) is 9.59 Å². The molecule has 0 unspecified atom stereocenters. The molecule has 0 aromatic heterocycles. The summed E-state index contributed by atoms with van der Waals surface area (Å²) >= 11 is 0. The monoisotopic (exact) mass is 275 g/mol. The standard InChI is InChI=1S/C14H17N3O3/c1-20-14(19)12-5-4-11(13(18)17-8-7-16)9-10(12)3-2-6-15/h4-5,9H,6-8,15-16H2,1H3,(H,17,18). The van der Waals surface area contributed by atoms with E-state index in [2.05, 4.69) is 21.9 Å². The van der Waals surface area contributed by atoms with Gasteiger partial charge in [-0.2, -0.15) is 0 Å². The number of hydrogen-bond donors (Lipinski definition) is 3. The topological polar surface area (TPSA) is 107 Å². The van der Waals surface area contributed by atoms with Crippen LogP contribution in [0.25, 0.3) is 0 Å². The SMILES string of the molecule is COC(=O)c1ccc(C(=O)NCCN)cc1C#CCN. The minimum absolute atomic E-state index is 0.157. The summed E-state index contributed by atoms with van der Waals surface area (Å²) in [5.41, 5.74) is 11.7. The Hall–Kier alpha value is -2.36. The summed E-state index contributed by atoms with van der Waals surface area (Å²) in [5.74, 6) is 4.62. The maximum atomic E-state index is 11.8. The molecule has 6 nitrogen and oxygen atoms in total. The fraction of sp³-hybridized carbons (Fsp3) is 0.286. The lowest BCUT2D eigenvalue weighted by Crippen LogP contribution is -2.29. The minimum Gasteiger partial charge on any atom is -0.465 e. The van der Waals surface area contributed by atoms with Gasteiger partial charge in [0.1, 0.15) is 0 Å². The number of ether oxygens (including phenoxy) is 1. The zero-order chi connectivity index (χ0) is 15.0. The van der Waals surface area contributed by atoms with Crippen molar-refractivity contribution in [1.29, 1.82) is 0 Å². The Labute approximate surface area is 117 Å². The van der Waals surface area contributed by atoms with Crippen molar-refractivity contribution in [2.45, 2.75) is 0 Å². The van der Waals surface area contributed by atoms with Crippen LogP contribution in [0.3, 0.4) is 0 Å². The van der Waals surface area contributed by atoms with Gasteiger partial charge in [-0.15, -0.1) is 0 Å². The van der Waals surface area contributed by atoms with E-state index >= 15 is 0 Å². The summed E-state index contributed by atoms with van der Waals surface area (Å²) in [4.78, 5) is 23.4. The van der Waals surface area contributed by atoms with Gasteiger partial charge < -0.3 is 21.5 Å². The zero-order valence-corrected chi connectivity index (χ0v) is 11.2. The predicted molar refractivity (Wildman–Crippen MR) is 75.1 cm³/mol. The van der Waals surface area contributed by atoms with Crippen LogP contribution < -0.4 is 16.8 Å². The van der Waals surface area contributed by atoms with E-state index in [1.807, 2.05) is 0 Å². The molecule has 106 valence electrons. The molecule has 0 saturated carbocycles. The van der Waals surface area contributed by atoms with E-state index < -0.39 is 5.97 Å². The van der Waals surface area contributed by atoms with Crippen LogP contribution in [-0.4, -0.2) is 38.6 Å². The van der Waals surface area contributed by atoms with Crippen molar-refractivity contribution in [3.63, 3.8) is 0 Å². The third kappa shape index (κ3) is 4.09. The summed E-state index contributed by atoms with van der Waals surface area (Å²) < 4.78 is 4.67. The molecule has 0 aliphatic carbocycles. The van der Waals surface area contributed by atoms with Crippen LogP contribution in [0.5, 0.6) is 0 Å². The van der Waals surface area contributed by atoms with Crippen molar-refractivity contribution in [3.8, 4) is 11.8 Å². The fourth-order valence-corrected chi connectivity index (χ4v) is 1.51. The Kier molecular flexibility index (Phi) is 6.23. The van der Waals surface area contributed by atoms with Crippen LogP contribution in [0.4, 0.5) is 0 Å². The van der Waals surface area contributed by atoms with E-state index in [1.54, 1.807) is 0 Å². The first kappa shape index (κ1) is 15.7. The summed E-state index contributed by atoms with van der Waals surface area (Å²) in [5, 5.41) is 2.64. The molecule has 0 aliphatic heterocycles. The number of nitrogens with one attached hydrogen (secondary N) is 1. The highest BCUT2D eigenvalue weighted by molar-refractivity contribution is 5.98. The zero-order valence-electron chi connectivity index (χ0n) is 11.2. The number of rotatable bonds is 4. The third-order valence-electron chi connectivity index (χ3n) is 2.44. The Morgan fingerprint density at radius 3 is 2.70 bits per heavy atom. The lowest BCUT2D eigenvalue weighted by molar-refractivity contribution is 0.0600. The normalized spacial score (nSPS) is 9.35. The highest BCUT2D eigenvalue weighted by atomic mass is 16.5. The molecule has 20 heavy (non-hydrogen) atoms. The molecular weight excluding hydrogens is 258 g/mol. The van der Waals surface area contributed by atoms with E-state index in [0.717, 1.165) is 0 Å². The van der Waals surface area contributed by atoms with Gasteiger partial charge in [0.2, 0.25) is 0 Å². The van der Waals surface area contributed by atoms with Crippen molar-refractivity contribution >= 4 is 11.9 Å². The molecule has 6 heteroatoms. The van der Waals surface area contributed by atoms with Gasteiger partial charge in [0.25, 0.3) is 5.91 Å². The average molecular weight is 275 g/mol. The fourth-order valence-electron chi connectivity index (χ4n) is 1.51. The molecule has 0 fully saturated rings. The van der Waals surface area contributed by atoms with E-state index in [4.69, 9.17) is 11.5 Å². The van der Waals surface area contributed by atoms with Gasteiger partial charge in [-0.1, -0.05) is 11.8 Å². The second-order valence-corrected chi connectivity index (χ2v) is 3.80. The molecule has 0 bridgehead atoms. The number of esters is 1. The first-order valence-electron chi connectivity index (χ1n) is 6.03. The molecule has 1 aromatic carbocycles. The van der Waals surface area contributed by atoms with Gasteiger partial charge in [-0.3, -0.25) is 4.79 Å². The molecule has 0 aliphatic rings. The largest absolute Gasteiger partial charge is 0.465 e. The Balaban J connectivity index is 3.13. The number of benzene rings is 1. The van der Waals surface area contributed by atoms with Crippen molar-refractivity contribution in [2.24, 2.45) is 11.5 Å². The maximum absolute atomic E-state index is 11.8. The second kappa shape index (κ2) is 7.94. The van der Waals surface area contributed by atoms with Crippen molar-refractivity contribution in [3.05, 3.63) is 34.9 Å². The van der Waals surface area contributed by atoms with Crippen LogP contribution >= 0.6 is 0 Å². The second-order valence-electron chi connectivity index (χ2n) is 3.80. The highest BCUT2D eigenvalue weighted by Crippen LogP contribution is 2.12. The summed E-state index contributed by atoms with van der Waals surface area (Å²) in [6.45, 7) is 0.886. The highest BCUT2D eigenvalue weighted by Gasteiger charge is 2.13. The molecule has 0 atom stereocenters. The molecule has 0 spiro atoms. The van der Waals surface area contributed by atoms with Crippen LogP contribution in [-0.2, 0) is 4.74 Å². The Morgan fingerprint density at radius 2 is 2.10 bits per heavy atom. The van der Waals surface area contributed by atoms with Crippen LogP contribution in [0, 0.1) is 11.8 Å². The van der Waals surface area contributed by atoms with Crippen molar-refractivity contribution in [2.75, 3.05) is 26.7 Å². The van der Waals surface area contributed by atoms with Crippen LogP contribution in [0.1, 0.15) is 26.3 Å². The van der Waals surface area contributed by atoms with Crippen molar-refractivity contribution in [1.82, 2.24) is 5.32 Å². The number of carbonyl (C=O) groups excluding carboxylic acids is 2. The molecule has 0 radical (unpaired) electrons. The average Bonchev–Trinajstić information content (AvgIpc) is 2.49. The van der Waals surface area contributed by atoms with Gasteiger partial charge >= 0.3 is 5.97 Å². The van der Waals surface area contributed by atoms with Crippen LogP contribution in [0.2, 0.25) is 0 Å². The lowest BCUT2D eigenvalue weighted by Gasteiger charge is -2.07. The number of nitrogens with two attached hydrogens (primary N) is 2. The number of methoxy groups -OCH3 is 1. The van der Waals surface area contributed by atoms with Gasteiger partial charge in [0.05, 0.1) is 19.2 Å². The van der Waals surface area contributed by atoms with Gasteiger partial charge in [-0.05, 0) is 18.2 Å². The predicted octanol–water partition coefficient (Wildman–Crippen LogP) is -0.528. The quantitative estimate of drug-likeness (QED) is 0.506. The van der Waals surface area contributed by atoms with Crippen molar-refractivity contribution < 1.29 is 14.3 Å². The van der Waals surface area contributed by atoms with E-state index in [0.29, 0.717) is 29.8 Å². The van der Waals surface area contributed by atoms with E-state index in [1.165, 1.54) is 25.3 Å². The Bertz CT molecular complexity index is 559. The molecular formula is C14H17N3O3. The summed E-state index contributed by atoms with van der Waals surface area (Å²) in [6, 6.07) is 4.57.